The number of hydrogen-bond donors (Lipinski definition) is 1. The molecule has 17 heavy (non-hydrogen) atoms. The van der Waals surface area contributed by atoms with Crippen molar-refractivity contribution in [2.45, 2.75) is 18.9 Å². The molecule has 2 heterocycles. The summed E-state index contributed by atoms with van der Waals surface area (Å²) in [5.74, 6) is 1.56. The van der Waals surface area contributed by atoms with E-state index in [9.17, 15) is 0 Å². The molecule has 0 saturated heterocycles. The largest absolute Gasteiger partial charge is 0.332 e. The Morgan fingerprint density at radius 2 is 2.41 bits per heavy atom. The number of fused-ring (bicyclic) bond motifs is 1. The van der Waals surface area contributed by atoms with E-state index in [0.717, 1.165) is 24.5 Å². The fourth-order valence-electron chi connectivity index (χ4n) is 1.93. The molecule has 3 aliphatic rings. The molecule has 1 unspecified atom stereocenters. The number of aliphatic imine (C=N–C) groups is 4. The van der Waals surface area contributed by atoms with E-state index >= 15 is 0 Å². The van der Waals surface area contributed by atoms with Crippen LogP contribution in [-0.4, -0.2) is 36.9 Å². The lowest BCUT2D eigenvalue weighted by Gasteiger charge is -2.15. The van der Waals surface area contributed by atoms with Crippen molar-refractivity contribution in [1.29, 1.82) is 0 Å². The highest BCUT2D eigenvalue weighted by Crippen LogP contribution is 2.13. The van der Waals surface area contributed by atoms with Gasteiger partial charge in [-0.05, 0) is 18.4 Å². The molecule has 0 radical (unpaired) electrons. The number of nitrogens with one attached hydrogen (secondary N) is 1. The maximum Gasteiger partial charge on any atom is 0.168 e. The van der Waals surface area contributed by atoms with Gasteiger partial charge in [-0.15, -0.1) is 0 Å². The van der Waals surface area contributed by atoms with Gasteiger partial charge in [0.05, 0.1) is 12.9 Å². The van der Waals surface area contributed by atoms with Crippen molar-refractivity contribution < 1.29 is 0 Å². The maximum absolute atomic E-state index is 4.53. The van der Waals surface area contributed by atoms with Crippen LogP contribution in [0.25, 0.3) is 0 Å². The van der Waals surface area contributed by atoms with Crippen molar-refractivity contribution in [3.8, 4) is 0 Å². The van der Waals surface area contributed by atoms with Gasteiger partial charge in [0.25, 0.3) is 0 Å². The van der Waals surface area contributed by atoms with Crippen molar-refractivity contribution >= 4 is 24.3 Å². The minimum absolute atomic E-state index is 0.125. The topological polar surface area (TPSA) is 61.5 Å². The van der Waals surface area contributed by atoms with E-state index in [2.05, 4.69) is 43.5 Å². The summed E-state index contributed by atoms with van der Waals surface area (Å²) in [5.41, 5.74) is 1.34. The van der Waals surface area contributed by atoms with Crippen LogP contribution in [0.5, 0.6) is 0 Å². The lowest BCUT2D eigenvalue weighted by atomic mass is 10.1. The first-order valence-corrected chi connectivity index (χ1v) is 5.69. The fraction of sp³-hybridized carbons (Fsp3) is 0.333. The number of amidine groups is 2. The summed E-state index contributed by atoms with van der Waals surface area (Å²) < 4.78 is 0. The Morgan fingerprint density at radius 3 is 3.29 bits per heavy atom. The van der Waals surface area contributed by atoms with Gasteiger partial charge < -0.3 is 5.32 Å². The second-order valence-corrected chi connectivity index (χ2v) is 4.03. The highest BCUT2D eigenvalue weighted by molar-refractivity contribution is 6.21. The molecule has 1 atom stereocenters. The Bertz CT molecular complexity index is 493. The molecule has 0 saturated carbocycles. The summed E-state index contributed by atoms with van der Waals surface area (Å²) in [7, 11) is 0. The van der Waals surface area contributed by atoms with E-state index in [1.807, 2.05) is 0 Å². The summed E-state index contributed by atoms with van der Waals surface area (Å²) >= 11 is 0. The molecular formula is C12H13N5. The van der Waals surface area contributed by atoms with Crippen molar-refractivity contribution in [3.63, 3.8) is 0 Å². The third-order valence-corrected chi connectivity index (χ3v) is 2.86. The highest BCUT2D eigenvalue weighted by atomic mass is 15.2. The minimum atomic E-state index is -0.125. The van der Waals surface area contributed by atoms with Gasteiger partial charge in [0.2, 0.25) is 0 Å². The second kappa shape index (κ2) is 4.45. The first-order chi connectivity index (χ1) is 8.43. The van der Waals surface area contributed by atoms with Gasteiger partial charge in [-0.3, -0.25) is 9.98 Å². The van der Waals surface area contributed by atoms with Crippen LogP contribution >= 0.6 is 0 Å². The van der Waals surface area contributed by atoms with Crippen molar-refractivity contribution in [2.75, 3.05) is 6.54 Å². The Labute approximate surface area is 99.5 Å². The summed E-state index contributed by atoms with van der Waals surface area (Å²) in [6.45, 7) is 0.705. The fourth-order valence-corrected chi connectivity index (χ4v) is 1.93. The van der Waals surface area contributed by atoms with Crippen LogP contribution < -0.4 is 5.32 Å². The number of rotatable bonds is 2. The zero-order chi connectivity index (χ0) is 11.5. The first kappa shape index (κ1) is 10.1. The van der Waals surface area contributed by atoms with Crippen molar-refractivity contribution in [3.05, 3.63) is 23.8 Å². The molecule has 0 aromatic rings. The molecule has 1 N–H and O–H groups in total. The molecule has 0 aromatic heterocycles. The molecule has 0 aromatic carbocycles. The molecule has 0 spiro atoms. The molecule has 5 heteroatoms. The van der Waals surface area contributed by atoms with Crippen LogP contribution in [0, 0.1) is 0 Å². The van der Waals surface area contributed by atoms with E-state index in [0.29, 0.717) is 6.54 Å². The average Bonchev–Trinajstić information content (AvgIpc) is 2.86. The predicted octanol–water partition coefficient (Wildman–Crippen LogP) is 1.10. The Kier molecular flexibility index (Phi) is 2.65. The standard InChI is InChI=1S/C12H13N5/c1-2-4-9(5-3-1)6-13-11-10-12(15-7-14-10)17-8-16-11/h1-2,5,7-8,10H,3-4,6H2,(H,13,14,15,16,17). The molecule has 0 amide bonds. The Hall–Kier alpha value is -2.04. The molecule has 3 rings (SSSR count). The molecular weight excluding hydrogens is 214 g/mol. The normalized spacial score (nSPS) is 27.8. The van der Waals surface area contributed by atoms with Gasteiger partial charge in [-0.25, -0.2) is 9.98 Å². The Morgan fingerprint density at radius 1 is 1.41 bits per heavy atom. The van der Waals surface area contributed by atoms with Crippen LogP contribution in [0.2, 0.25) is 0 Å². The zero-order valence-corrected chi connectivity index (χ0v) is 9.37. The van der Waals surface area contributed by atoms with Crippen LogP contribution in [0.1, 0.15) is 12.8 Å². The monoisotopic (exact) mass is 227 g/mol. The van der Waals surface area contributed by atoms with E-state index < -0.39 is 0 Å². The highest BCUT2D eigenvalue weighted by Gasteiger charge is 2.26. The van der Waals surface area contributed by atoms with E-state index in [1.54, 1.807) is 12.7 Å². The van der Waals surface area contributed by atoms with Gasteiger partial charge in [-0.2, -0.15) is 0 Å². The average molecular weight is 227 g/mol. The number of nitrogens with zero attached hydrogens (tertiary/aromatic N) is 4. The van der Waals surface area contributed by atoms with Crippen molar-refractivity contribution in [2.24, 2.45) is 20.0 Å². The first-order valence-electron chi connectivity index (χ1n) is 5.69. The van der Waals surface area contributed by atoms with Gasteiger partial charge in [0.15, 0.2) is 11.9 Å². The van der Waals surface area contributed by atoms with E-state index in [-0.39, 0.29) is 6.04 Å². The Balaban J connectivity index is 1.73. The second-order valence-electron chi connectivity index (χ2n) is 4.03. The molecule has 0 fully saturated rings. The number of hydrogen-bond acceptors (Lipinski definition) is 4. The van der Waals surface area contributed by atoms with Crippen LogP contribution in [-0.2, 0) is 0 Å². The quantitative estimate of drug-likeness (QED) is 0.705. The predicted molar refractivity (Wildman–Crippen MR) is 70.1 cm³/mol. The summed E-state index contributed by atoms with van der Waals surface area (Å²) in [6.07, 6.45) is 11.8. The molecule has 86 valence electrons. The van der Waals surface area contributed by atoms with Gasteiger partial charge >= 0.3 is 0 Å². The van der Waals surface area contributed by atoms with Crippen LogP contribution in [0.15, 0.2) is 43.8 Å². The zero-order valence-electron chi connectivity index (χ0n) is 9.37. The van der Waals surface area contributed by atoms with E-state index in [1.165, 1.54) is 5.57 Å². The summed E-state index contributed by atoms with van der Waals surface area (Å²) in [5, 5.41) is 2.98. The minimum Gasteiger partial charge on any atom is -0.332 e. The molecule has 5 nitrogen and oxygen atoms in total. The molecule has 1 aliphatic carbocycles. The third kappa shape index (κ3) is 2.08. The lowest BCUT2D eigenvalue weighted by Crippen LogP contribution is -2.40. The van der Waals surface area contributed by atoms with Crippen LogP contribution in [0.3, 0.4) is 0 Å². The molecule has 0 bridgehead atoms. The van der Waals surface area contributed by atoms with Crippen LogP contribution in [0.4, 0.5) is 0 Å². The summed E-state index contributed by atoms with van der Waals surface area (Å²) in [6, 6.07) is -0.125. The van der Waals surface area contributed by atoms with E-state index in [4.69, 9.17) is 0 Å². The van der Waals surface area contributed by atoms with Gasteiger partial charge in [-0.1, -0.05) is 18.2 Å². The third-order valence-electron chi connectivity index (χ3n) is 2.86. The number of allylic oxidation sites excluding steroid dienone is 3. The lowest BCUT2D eigenvalue weighted by molar-refractivity contribution is 0.990. The van der Waals surface area contributed by atoms with Crippen molar-refractivity contribution in [1.82, 2.24) is 5.32 Å². The smallest absolute Gasteiger partial charge is 0.168 e. The maximum atomic E-state index is 4.53. The van der Waals surface area contributed by atoms with Gasteiger partial charge in [0.1, 0.15) is 12.2 Å². The molecule has 2 aliphatic heterocycles. The SMILES string of the molecule is C1=CCC(CN=C2N=CNC3=NC=NC23)=CC1. The summed E-state index contributed by atoms with van der Waals surface area (Å²) in [4.78, 5) is 17.1. The van der Waals surface area contributed by atoms with Gasteiger partial charge in [0, 0.05) is 0 Å².